The van der Waals surface area contributed by atoms with E-state index in [-0.39, 0.29) is 28.9 Å². The monoisotopic (exact) mass is 520 g/mol. The second-order valence-corrected chi connectivity index (χ2v) is 9.47. The normalized spacial score (nSPS) is 19.5. The molecule has 1 aromatic rings. The van der Waals surface area contributed by atoms with Crippen molar-refractivity contribution in [1.82, 2.24) is 10.2 Å². The van der Waals surface area contributed by atoms with Crippen LogP contribution >= 0.6 is 24.0 Å². The molecule has 1 spiro atoms. The first-order valence-electron chi connectivity index (χ1n) is 10.1. The molecular weight excluding hydrogens is 487 g/mol. The highest BCUT2D eigenvalue weighted by Crippen LogP contribution is 2.43. The van der Waals surface area contributed by atoms with Gasteiger partial charge in [0.2, 0.25) is 10.0 Å². The van der Waals surface area contributed by atoms with E-state index >= 15 is 0 Å². The number of rotatable bonds is 5. The number of hydrogen-bond acceptors (Lipinski definition) is 3. The zero-order valence-corrected chi connectivity index (χ0v) is 19.8. The van der Waals surface area contributed by atoms with E-state index in [1.54, 1.807) is 12.1 Å². The lowest BCUT2D eigenvalue weighted by molar-refractivity contribution is 0.203. The van der Waals surface area contributed by atoms with E-state index in [2.05, 4.69) is 17.1 Å². The lowest BCUT2D eigenvalue weighted by Gasteiger charge is -2.33. The van der Waals surface area contributed by atoms with Crippen LogP contribution < -0.4 is 10.5 Å². The zero-order chi connectivity index (χ0) is 19.3. The van der Waals surface area contributed by atoms with Crippen LogP contribution in [0.25, 0.3) is 0 Å². The molecule has 6 nitrogen and oxygen atoms in total. The first-order valence-corrected chi connectivity index (χ1v) is 11.6. The molecule has 28 heavy (non-hydrogen) atoms. The summed E-state index contributed by atoms with van der Waals surface area (Å²) in [6.45, 7) is 5.87. The van der Waals surface area contributed by atoms with Crippen LogP contribution in [0.3, 0.4) is 0 Å². The van der Waals surface area contributed by atoms with Gasteiger partial charge in [-0.2, -0.15) is 0 Å². The summed E-state index contributed by atoms with van der Waals surface area (Å²) < 4.78 is 22.7. The van der Waals surface area contributed by atoms with Gasteiger partial charge in [-0.1, -0.05) is 31.4 Å². The molecule has 158 valence electrons. The fraction of sp³-hybridized carbons (Fsp3) is 0.650. The molecule has 1 heterocycles. The van der Waals surface area contributed by atoms with Gasteiger partial charge in [0.15, 0.2) is 5.96 Å². The number of aliphatic imine (C=N–C) groups is 1. The third kappa shape index (κ3) is 6.06. The van der Waals surface area contributed by atoms with Crippen molar-refractivity contribution >= 4 is 40.0 Å². The lowest BCUT2D eigenvalue weighted by atomic mass is 9.73. The Morgan fingerprint density at radius 3 is 2.46 bits per heavy atom. The molecule has 1 saturated carbocycles. The summed E-state index contributed by atoms with van der Waals surface area (Å²) in [5, 5.41) is 8.59. The fourth-order valence-corrected chi connectivity index (χ4v) is 4.90. The van der Waals surface area contributed by atoms with Crippen molar-refractivity contribution in [1.29, 1.82) is 0 Å². The molecule has 1 aromatic carbocycles. The van der Waals surface area contributed by atoms with Gasteiger partial charge in [-0.25, -0.2) is 13.6 Å². The van der Waals surface area contributed by atoms with Crippen molar-refractivity contribution in [3.8, 4) is 0 Å². The molecule has 0 atom stereocenters. The van der Waals surface area contributed by atoms with Gasteiger partial charge in [0.25, 0.3) is 0 Å². The summed E-state index contributed by atoms with van der Waals surface area (Å²) in [6, 6.07) is 6.75. The van der Waals surface area contributed by atoms with Gasteiger partial charge in [-0.3, -0.25) is 4.99 Å². The number of benzene rings is 1. The number of hydrogen-bond donors (Lipinski definition) is 2. The van der Waals surface area contributed by atoms with Crippen LogP contribution in [0.2, 0.25) is 0 Å². The Labute approximate surface area is 186 Å². The highest BCUT2D eigenvalue weighted by molar-refractivity contribution is 14.0. The number of guanidine groups is 1. The predicted octanol–water partition coefficient (Wildman–Crippen LogP) is 3.12. The predicted molar refractivity (Wildman–Crippen MR) is 125 cm³/mol. The van der Waals surface area contributed by atoms with E-state index < -0.39 is 10.0 Å². The Hall–Kier alpha value is -0.870. The van der Waals surface area contributed by atoms with E-state index in [1.807, 2.05) is 12.1 Å². The quantitative estimate of drug-likeness (QED) is 0.355. The lowest BCUT2D eigenvalue weighted by Crippen LogP contribution is -2.41. The molecule has 0 bridgehead atoms. The Morgan fingerprint density at radius 2 is 1.86 bits per heavy atom. The molecule has 0 radical (unpaired) electrons. The number of sulfonamides is 1. The Balaban J connectivity index is 0.00000280. The first-order chi connectivity index (χ1) is 12.9. The average molecular weight is 520 g/mol. The summed E-state index contributed by atoms with van der Waals surface area (Å²) >= 11 is 0. The Morgan fingerprint density at radius 1 is 1.18 bits per heavy atom. The minimum Gasteiger partial charge on any atom is -0.357 e. The van der Waals surface area contributed by atoms with E-state index in [0.717, 1.165) is 37.6 Å². The largest absolute Gasteiger partial charge is 0.357 e. The number of primary sulfonamides is 1. The van der Waals surface area contributed by atoms with Gasteiger partial charge in [-0.15, -0.1) is 24.0 Å². The number of nitrogens with two attached hydrogens (primary N) is 1. The number of nitrogens with zero attached hydrogens (tertiary/aromatic N) is 2. The van der Waals surface area contributed by atoms with Crippen LogP contribution in [0.5, 0.6) is 0 Å². The first kappa shape index (κ1) is 23.4. The van der Waals surface area contributed by atoms with Crippen LogP contribution in [-0.2, 0) is 16.4 Å². The maximum atomic E-state index is 11.3. The highest BCUT2D eigenvalue weighted by atomic mass is 127. The van der Waals surface area contributed by atoms with E-state index in [1.165, 1.54) is 38.5 Å². The van der Waals surface area contributed by atoms with Crippen LogP contribution in [0, 0.1) is 5.41 Å². The van der Waals surface area contributed by atoms with Crippen molar-refractivity contribution in [2.24, 2.45) is 15.5 Å². The van der Waals surface area contributed by atoms with E-state index in [0.29, 0.717) is 12.0 Å². The van der Waals surface area contributed by atoms with Crippen LogP contribution in [0.15, 0.2) is 34.2 Å². The molecule has 0 amide bonds. The highest BCUT2D eigenvalue weighted by Gasteiger charge is 2.39. The maximum absolute atomic E-state index is 11.3. The molecule has 3 rings (SSSR count). The molecule has 1 saturated heterocycles. The van der Waals surface area contributed by atoms with Gasteiger partial charge in [0.1, 0.15) is 0 Å². The standard InChI is InChI=1S/C20H32N4O2S.HI/c1-2-22-19(24-15-13-20(16-24)11-4-3-5-12-20)23-14-10-17-6-8-18(9-7-17)27(21,25)26;/h6-9H,2-5,10-16H2,1H3,(H,22,23)(H2,21,25,26);1H. The van der Waals surface area contributed by atoms with Gasteiger partial charge in [0, 0.05) is 26.2 Å². The Bertz CT molecular complexity index is 759. The van der Waals surface area contributed by atoms with Crippen molar-refractivity contribution < 1.29 is 8.42 Å². The van der Waals surface area contributed by atoms with Crippen molar-refractivity contribution in [3.63, 3.8) is 0 Å². The van der Waals surface area contributed by atoms with Gasteiger partial charge in [0.05, 0.1) is 4.90 Å². The third-order valence-electron chi connectivity index (χ3n) is 5.90. The Kier molecular flexibility index (Phi) is 8.57. The van der Waals surface area contributed by atoms with Crippen LogP contribution in [0.4, 0.5) is 0 Å². The second-order valence-electron chi connectivity index (χ2n) is 7.91. The van der Waals surface area contributed by atoms with E-state index in [4.69, 9.17) is 10.1 Å². The van der Waals surface area contributed by atoms with Gasteiger partial charge >= 0.3 is 0 Å². The molecule has 3 N–H and O–H groups in total. The molecule has 8 heteroatoms. The summed E-state index contributed by atoms with van der Waals surface area (Å²) in [5.74, 6) is 1.01. The van der Waals surface area contributed by atoms with Crippen LogP contribution in [0.1, 0.15) is 51.0 Å². The average Bonchev–Trinajstić information content (AvgIpc) is 3.04. The smallest absolute Gasteiger partial charge is 0.238 e. The fourth-order valence-electron chi connectivity index (χ4n) is 4.39. The van der Waals surface area contributed by atoms with Crippen molar-refractivity contribution in [2.75, 3.05) is 26.2 Å². The molecule has 1 aliphatic carbocycles. The minimum absolute atomic E-state index is 0. The summed E-state index contributed by atoms with van der Waals surface area (Å²) in [5.41, 5.74) is 1.57. The molecule has 1 aliphatic heterocycles. The van der Waals surface area contributed by atoms with Crippen LogP contribution in [-0.4, -0.2) is 45.5 Å². The zero-order valence-electron chi connectivity index (χ0n) is 16.7. The van der Waals surface area contributed by atoms with Crippen molar-refractivity contribution in [3.05, 3.63) is 29.8 Å². The molecular formula is C20H33IN4O2S. The SMILES string of the molecule is CCNC(=NCCc1ccc(S(N)(=O)=O)cc1)N1CCC2(CCCCC2)C1.I. The number of nitrogens with one attached hydrogen (secondary N) is 1. The summed E-state index contributed by atoms with van der Waals surface area (Å²) in [7, 11) is -3.63. The molecule has 0 aromatic heterocycles. The molecule has 0 unspecified atom stereocenters. The number of halogens is 1. The summed E-state index contributed by atoms with van der Waals surface area (Å²) in [4.78, 5) is 7.41. The maximum Gasteiger partial charge on any atom is 0.238 e. The van der Waals surface area contributed by atoms with E-state index in [9.17, 15) is 8.42 Å². The minimum atomic E-state index is -3.63. The number of likely N-dealkylation sites (tertiary alicyclic amines) is 1. The molecule has 2 fully saturated rings. The van der Waals surface area contributed by atoms with Gasteiger partial charge < -0.3 is 10.2 Å². The summed E-state index contributed by atoms with van der Waals surface area (Å²) in [6.07, 6.45) is 8.91. The van der Waals surface area contributed by atoms with Crippen molar-refractivity contribution in [2.45, 2.75) is 56.8 Å². The second kappa shape index (κ2) is 10.2. The topological polar surface area (TPSA) is 87.8 Å². The van der Waals surface area contributed by atoms with Gasteiger partial charge in [-0.05, 0) is 55.7 Å². The molecule has 2 aliphatic rings. The third-order valence-corrected chi connectivity index (χ3v) is 6.83.